The molecule has 1 aromatic rings. The number of hydrogen-bond acceptors (Lipinski definition) is 8. The molecule has 0 aromatic heterocycles. The molecule has 0 radical (unpaired) electrons. The minimum atomic E-state index is -1.29. The van der Waals surface area contributed by atoms with Crippen LogP contribution in [0.3, 0.4) is 0 Å². The van der Waals surface area contributed by atoms with Crippen LogP contribution in [0.25, 0.3) is 0 Å². The number of nitrogens with one attached hydrogen (secondary N) is 2. The second kappa shape index (κ2) is 11.4. The smallest absolute Gasteiger partial charge is 0.322 e. The summed E-state index contributed by atoms with van der Waals surface area (Å²) in [7, 11) is 0. The van der Waals surface area contributed by atoms with Crippen LogP contribution >= 0.6 is 11.8 Å². The number of carbonyl (C=O) groups excluding carboxylic acids is 4. The first-order chi connectivity index (χ1) is 15.5. The number of amides is 2. The quantitative estimate of drug-likeness (QED) is 0.288. The van der Waals surface area contributed by atoms with Crippen molar-refractivity contribution < 1.29 is 39.0 Å². The zero-order chi connectivity index (χ0) is 24.7. The summed E-state index contributed by atoms with van der Waals surface area (Å²) >= 11 is 0.890. The number of hydrogen-bond donors (Lipinski definition) is 5. The maximum Gasteiger partial charge on any atom is 0.322 e. The van der Waals surface area contributed by atoms with E-state index in [0.29, 0.717) is 0 Å². The van der Waals surface area contributed by atoms with E-state index < -0.39 is 48.2 Å². The first kappa shape index (κ1) is 25.7. The van der Waals surface area contributed by atoms with Gasteiger partial charge in [0.15, 0.2) is 11.6 Å². The molecule has 0 unspecified atom stereocenters. The molecule has 2 atom stereocenters. The third-order valence-electron chi connectivity index (χ3n) is 4.76. The molecule has 6 N–H and O–H groups in total. The SMILES string of the molecule is CC1=C(SC[C@H](NC(=O)CC[C@H](N)C(=O)O)C(=O)NCC(=O)O)C(=O)c2ccccc2C1=O. The van der Waals surface area contributed by atoms with Gasteiger partial charge in [-0.05, 0) is 13.3 Å². The lowest BCUT2D eigenvalue weighted by Gasteiger charge is -2.21. The molecule has 0 saturated heterocycles. The largest absolute Gasteiger partial charge is 0.480 e. The van der Waals surface area contributed by atoms with Crippen LogP contribution in [0.1, 0.15) is 40.5 Å². The number of thioether (sulfide) groups is 1. The molecule has 2 amide bonds. The van der Waals surface area contributed by atoms with Crippen molar-refractivity contribution in [1.82, 2.24) is 10.6 Å². The van der Waals surface area contributed by atoms with Crippen molar-refractivity contribution in [3.63, 3.8) is 0 Å². The van der Waals surface area contributed by atoms with Gasteiger partial charge in [0.05, 0.1) is 4.91 Å². The van der Waals surface area contributed by atoms with Gasteiger partial charge >= 0.3 is 11.9 Å². The molecule has 0 aliphatic heterocycles. The first-order valence-corrected chi connectivity index (χ1v) is 10.8. The van der Waals surface area contributed by atoms with Gasteiger partial charge in [-0.25, -0.2) is 0 Å². The molecule has 33 heavy (non-hydrogen) atoms. The Kier molecular flexibility index (Phi) is 8.88. The zero-order valence-corrected chi connectivity index (χ0v) is 18.4. The number of ketones is 2. The van der Waals surface area contributed by atoms with Gasteiger partial charge in [0.25, 0.3) is 0 Å². The molecular weight excluding hydrogens is 454 g/mol. The van der Waals surface area contributed by atoms with Crippen LogP contribution in [-0.4, -0.2) is 69.9 Å². The Morgan fingerprint density at radius 1 is 1.06 bits per heavy atom. The van der Waals surface area contributed by atoms with E-state index in [1.54, 1.807) is 18.2 Å². The van der Waals surface area contributed by atoms with Gasteiger partial charge in [0.1, 0.15) is 18.6 Å². The van der Waals surface area contributed by atoms with E-state index in [1.807, 2.05) is 0 Å². The van der Waals surface area contributed by atoms with E-state index in [0.717, 1.165) is 11.8 Å². The number of aliphatic carboxylic acids is 2. The fourth-order valence-corrected chi connectivity index (χ4v) is 4.08. The first-order valence-electron chi connectivity index (χ1n) is 9.82. The number of nitrogens with two attached hydrogens (primary N) is 1. The van der Waals surface area contributed by atoms with Gasteiger partial charge in [-0.15, -0.1) is 11.8 Å². The molecule has 1 aliphatic carbocycles. The number of allylic oxidation sites excluding steroid dienone is 2. The molecule has 0 fully saturated rings. The Balaban J connectivity index is 2.14. The molecule has 12 heteroatoms. The highest BCUT2D eigenvalue weighted by atomic mass is 32.2. The minimum Gasteiger partial charge on any atom is -0.480 e. The Morgan fingerprint density at radius 2 is 1.67 bits per heavy atom. The van der Waals surface area contributed by atoms with Crippen LogP contribution < -0.4 is 16.4 Å². The summed E-state index contributed by atoms with van der Waals surface area (Å²) in [5.74, 6) is -4.95. The Morgan fingerprint density at radius 3 is 2.24 bits per heavy atom. The maximum atomic E-state index is 12.9. The van der Waals surface area contributed by atoms with Gasteiger partial charge < -0.3 is 26.6 Å². The van der Waals surface area contributed by atoms with Crippen LogP contribution in [0.2, 0.25) is 0 Å². The lowest BCUT2D eigenvalue weighted by Crippen LogP contribution is -2.49. The van der Waals surface area contributed by atoms with Crippen molar-refractivity contribution in [3.05, 3.63) is 45.9 Å². The molecule has 2 rings (SSSR count). The van der Waals surface area contributed by atoms with Crippen LogP contribution in [0.5, 0.6) is 0 Å². The van der Waals surface area contributed by atoms with E-state index in [-0.39, 0.29) is 46.0 Å². The fourth-order valence-electron chi connectivity index (χ4n) is 2.96. The van der Waals surface area contributed by atoms with E-state index >= 15 is 0 Å². The molecule has 11 nitrogen and oxygen atoms in total. The summed E-state index contributed by atoms with van der Waals surface area (Å²) in [6.07, 6.45) is -0.459. The van der Waals surface area contributed by atoms with Crippen molar-refractivity contribution >= 4 is 47.1 Å². The van der Waals surface area contributed by atoms with Crippen molar-refractivity contribution in [1.29, 1.82) is 0 Å². The predicted molar refractivity (Wildman–Crippen MR) is 118 cm³/mol. The summed E-state index contributed by atoms with van der Waals surface area (Å²) in [6.45, 7) is 0.802. The van der Waals surface area contributed by atoms with E-state index in [9.17, 15) is 28.8 Å². The average Bonchev–Trinajstić information content (AvgIpc) is 2.78. The number of rotatable bonds is 11. The number of carbonyl (C=O) groups is 6. The maximum absolute atomic E-state index is 12.9. The summed E-state index contributed by atoms with van der Waals surface area (Å²) in [5, 5.41) is 22.1. The van der Waals surface area contributed by atoms with Crippen LogP contribution in [0, 0.1) is 0 Å². The van der Waals surface area contributed by atoms with Crippen LogP contribution in [0.15, 0.2) is 34.7 Å². The van der Waals surface area contributed by atoms with Gasteiger partial charge in [-0.1, -0.05) is 24.3 Å². The number of Topliss-reactive ketones (excluding diaryl/α,β-unsaturated/α-hetero) is 2. The average molecular weight is 477 g/mol. The van der Waals surface area contributed by atoms with E-state index in [2.05, 4.69) is 10.6 Å². The van der Waals surface area contributed by atoms with E-state index in [4.69, 9.17) is 15.9 Å². The predicted octanol–water partition coefficient (Wildman–Crippen LogP) is -0.0495. The van der Waals surface area contributed by atoms with Gasteiger partial charge in [-0.3, -0.25) is 28.8 Å². The zero-order valence-electron chi connectivity index (χ0n) is 17.6. The van der Waals surface area contributed by atoms with Crippen molar-refractivity contribution in [3.8, 4) is 0 Å². The van der Waals surface area contributed by atoms with Crippen molar-refractivity contribution in [2.24, 2.45) is 5.73 Å². The molecule has 0 bridgehead atoms. The molecule has 0 saturated carbocycles. The highest BCUT2D eigenvalue weighted by Gasteiger charge is 2.31. The van der Waals surface area contributed by atoms with Crippen LogP contribution in [-0.2, 0) is 19.2 Å². The fraction of sp³-hybridized carbons (Fsp3) is 0.333. The molecule has 0 spiro atoms. The molecule has 0 heterocycles. The third-order valence-corrected chi connectivity index (χ3v) is 6.04. The third kappa shape index (κ3) is 6.73. The Labute approximate surface area is 192 Å². The van der Waals surface area contributed by atoms with E-state index in [1.165, 1.54) is 13.0 Å². The standard InChI is InChI=1S/C21H23N3O8S/c1-10-17(28)11-4-2-3-5-12(11)18(29)19(10)33-9-14(20(30)23-8-16(26)27)24-15(25)7-6-13(22)21(31)32/h2-5,13-14H,6-9,22H2,1H3,(H,23,30)(H,24,25)(H,26,27)(H,31,32)/t13-,14-/m0/s1. The second-order valence-corrected chi connectivity index (χ2v) is 8.21. The molecular formula is C21H23N3O8S. The van der Waals surface area contributed by atoms with Gasteiger partial charge in [-0.2, -0.15) is 0 Å². The minimum absolute atomic E-state index is 0.122. The van der Waals surface area contributed by atoms with Crippen molar-refractivity contribution in [2.75, 3.05) is 12.3 Å². The van der Waals surface area contributed by atoms with Gasteiger partial charge in [0, 0.05) is 28.9 Å². The summed E-state index contributed by atoms with van der Waals surface area (Å²) in [6, 6.07) is 3.82. The second-order valence-electron chi connectivity index (χ2n) is 7.18. The highest BCUT2D eigenvalue weighted by Crippen LogP contribution is 2.33. The summed E-state index contributed by atoms with van der Waals surface area (Å²) in [4.78, 5) is 71.8. The number of carboxylic acids is 2. The Bertz CT molecular complexity index is 1040. The Hall–Kier alpha value is -3.51. The molecule has 1 aromatic carbocycles. The number of fused-ring (bicyclic) bond motifs is 1. The summed E-state index contributed by atoms with van der Waals surface area (Å²) in [5.41, 5.74) is 6.08. The normalized spacial score (nSPS) is 14.8. The molecule has 1 aliphatic rings. The lowest BCUT2D eigenvalue weighted by molar-refractivity contribution is -0.139. The number of carboxylic acid groups (broad SMARTS) is 2. The number of benzene rings is 1. The summed E-state index contributed by atoms with van der Waals surface area (Å²) < 4.78 is 0. The van der Waals surface area contributed by atoms with Crippen LogP contribution in [0.4, 0.5) is 0 Å². The monoisotopic (exact) mass is 477 g/mol. The lowest BCUT2D eigenvalue weighted by atomic mass is 9.90. The molecule has 176 valence electrons. The highest BCUT2D eigenvalue weighted by molar-refractivity contribution is 8.04. The topological polar surface area (TPSA) is 193 Å². The van der Waals surface area contributed by atoms with Gasteiger partial charge in [0.2, 0.25) is 11.8 Å². The van der Waals surface area contributed by atoms with Crippen molar-refractivity contribution in [2.45, 2.75) is 31.8 Å².